The fourth-order valence-corrected chi connectivity index (χ4v) is 1.81. The highest BCUT2D eigenvalue weighted by Gasteiger charge is 2.30. The minimum Gasteiger partial charge on any atom is -0.366 e. The van der Waals surface area contributed by atoms with Crippen LogP contribution in [0.15, 0.2) is 12.4 Å². The molecule has 0 bridgehead atoms. The van der Waals surface area contributed by atoms with E-state index < -0.39 is 0 Å². The Hall–Kier alpha value is -1.20. The van der Waals surface area contributed by atoms with Crippen LogP contribution >= 0.6 is 0 Å². The topological polar surface area (TPSA) is 70.1 Å². The number of rotatable bonds is 3. The Morgan fingerprint density at radius 2 is 2.53 bits per heavy atom. The van der Waals surface area contributed by atoms with Crippen molar-refractivity contribution in [3.63, 3.8) is 0 Å². The highest BCUT2D eigenvalue weighted by Crippen LogP contribution is 2.21. The Morgan fingerprint density at radius 3 is 3.07 bits per heavy atom. The van der Waals surface area contributed by atoms with Gasteiger partial charge >= 0.3 is 0 Å². The normalized spacial score (nSPS) is 25.7. The molecule has 2 rings (SSSR count). The molecule has 0 aliphatic carbocycles. The van der Waals surface area contributed by atoms with Gasteiger partial charge in [-0.3, -0.25) is 9.48 Å². The summed E-state index contributed by atoms with van der Waals surface area (Å²) in [5.41, 5.74) is 6.10. The predicted octanol–water partition coefficient (Wildman–Crippen LogP) is 0.109. The lowest BCUT2D eigenvalue weighted by molar-refractivity contribution is 0.0404. The maximum Gasteiger partial charge on any atom is 0.194 e. The minimum absolute atomic E-state index is 0.0130. The second-order valence-corrected chi connectivity index (χ2v) is 3.83. The molecule has 1 aromatic heterocycles. The van der Waals surface area contributed by atoms with E-state index in [0.29, 0.717) is 12.1 Å². The Balaban J connectivity index is 2.03. The van der Waals surface area contributed by atoms with Crippen LogP contribution in [0.5, 0.6) is 0 Å². The summed E-state index contributed by atoms with van der Waals surface area (Å²) in [6.45, 7) is 0.483. The molecule has 0 aromatic carbocycles. The van der Waals surface area contributed by atoms with Crippen LogP contribution in [-0.2, 0) is 11.8 Å². The van der Waals surface area contributed by atoms with Crippen LogP contribution < -0.4 is 5.73 Å². The van der Waals surface area contributed by atoms with Crippen LogP contribution in [-0.4, -0.2) is 34.3 Å². The molecule has 1 aromatic rings. The Bertz CT molecular complexity index is 361. The standard InChI is InChI=1S/C10H15N3O2/c1-13-6-7(5-12-13)10(14)9-3-2-8(4-11)15-9/h5-6,8-9H,2-4,11H2,1H3. The third kappa shape index (κ3) is 2.08. The van der Waals surface area contributed by atoms with E-state index in [1.807, 2.05) is 0 Å². The average molecular weight is 209 g/mol. The lowest BCUT2D eigenvalue weighted by Crippen LogP contribution is -2.25. The van der Waals surface area contributed by atoms with Gasteiger partial charge in [-0.2, -0.15) is 5.10 Å². The first kappa shape index (κ1) is 10.3. The van der Waals surface area contributed by atoms with Crippen LogP contribution in [0.4, 0.5) is 0 Å². The van der Waals surface area contributed by atoms with E-state index in [2.05, 4.69) is 5.10 Å². The number of carbonyl (C=O) groups is 1. The van der Waals surface area contributed by atoms with Gasteiger partial charge in [-0.05, 0) is 12.8 Å². The maximum absolute atomic E-state index is 11.9. The molecule has 5 nitrogen and oxygen atoms in total. The van der Waals surface area contributed by atoms with E-state index in [-0.39, 0.29) is 18.0 Å². The fraction of sp³-hybridized carbons (Fsp3) is 0.600. The zero-order valence-corrected chi connectivity index (χ0v) is 8.72. The summed E-state index contributed by atoms with van der Waals surface area (Å²) >= 11 is 0. The summed E-state index contributed by atoms with van der Waals surface area (Å²) in [6.07, 6.45) is 4.62. The summed E-state index contributed by atoms with van der Waals surface area (Å²) in [5.74, 6) is 0.0130. The largest absolute Gasteiger partial charge is 0.366 e. The number of Topliss-reactive ketones (excluding diaryl/α,β-unsaturated/α-hetero) is 1. The number of nitrogens with zero attached hydrogens (tertiary/aromatic N) is 2. The van der Waals surface area contributed by atoms with Gasteiger partial charge in [0.25, 0.3) is 0 Å². The second-order valence-electron chi connectivity index (χ2n) is 3.83. The lowest BCUT2D eigenvalue weighted by Gasteiger charge is -2.09. The molecule has 0 radical (unpaired) electrons. The molecule has 1 fully saturated rings. The van der Waals surface area contributed by atoms with Crippen molar-refractivity contribution >= 4 is 5.78 Å². The molecule has 82 valence electrons. The molecule has 1 aliphatic rings. The molecular weight excluding hydrogens is 194 g/mol. The smallest absolute Gasteiger partial charge is 0.194 e. The molecule has 0 amide bonds. The predicted molar refractivity (Wildman–Crippen MR) is 54.5 cm³/mol. The molecule has 5 heteroatoms. The number of aryl methyl sites for hydroxylation is 1. The lowest BCUT2D eigenvalue weighted by atomic mass is 10.1. The molecule has 15 heavy (non-hydrogen) atoms. The van der Waals surface area contributed by atoms with Gasteiger partial charge < -0.3 is 10.5 Å². The molecule has 2 atom stereocenters. The summed E-state index contributed by atoms with van der Waals surface area (Å²) in [4.78, 5) is 11.9. The van der Waals surface area contributed by atoms with Gasteiger partial charge in [-0.25, -0.2) is 0 Å². The number of hydrogen-bond acceptors (Lipinski definition) is 4. The van der Waals surface area contributed by atoms with Gasteiger partial charge in [0.1, 0.15) is 6.10 Å². The first-order chi connectivity index (χ1) is 7.20. The van der Waals surface area contributed by atoms with Crippen molar-refractivity contribution in [2.24, 2.45) is 12.8 Å². The maximum atomic E-state index is 11.9. The van der Waals surface area contributed by atoms with Gasteiger partial charge in [0.2, 0.25) is 0 Å². The quantitative estimate of drug-likeness (QED) is 0.717. The number of ether oxygens (including phenoxy) is 1. The van der Waals surface area contributed by atoms with Crippen molar-refractivity contribution < 1.29 is 9.53 Å². The van der Waals surface area contributed by atoms with E-state index in [0.717, 1.165) is 12.8 Å². The monoisotopic (exact) mass is 209 g/mol. The molecule has 0 saturated carbocycles. The van der Waals surface area contributed by atoms with Crippen molar-refractivity contribution in [1.82, 2.24) is 9.78 Å². The van der Waals surface area contributed by atoms with E-state index in [4.69, 9.17) is 10.5 Å². The van der Waals surface area contributed by atoms with Crippen molar-refractivity contribution in [2.75, 3.05) is 6.54 Å². The Kier molecular flexibility index (Phi) is 2.83. The van der Waals surface area contributed by atoms with Crippen LogP contribution in [0.3, 0.4) is 0 Å². The molecule has 0 spiro atoms. The second kappa shape index (κ2) is 4.12. The first-order valence-electron chi connectivity index (χ1n) is 5.09. The van der Waals surface area contributed by atoms with Crippen molar-refractivity contribution in [3.05, 3.63) is 18.0 Å². The molecular formula is C10H15N3O2. The fourth-order valence-electron chi connectivity index (χ4n) is 1.81. The molecule has 2 unspecified atom stereocenters. The third-order valence-corrected chi connectivity index (χ3v) is 2.65. The molecule has 1 aliphatic heterocycles. The van der Waals surface area contributed by atoms with Crippen LogP contribution in [0.2, 0.25) is 0 Å². The van der Waals surface area contributed by atoms with E-state index >= 15 is 0 Å². The van der Waals surface area contributed by atoms with Crippen LogP contribution in [0, 0.1) is 0 Å². The van der Waals surface area contributed by atoms with Crippen LogP contribution in [0.25, 0.3) is 0 Å². The SMILES string of the molecule is Cn1cc(C(=O)C2CCC(CN)O2)cn1. The van der Waals surface area contributed by atoms with E-state index in [1.54, 1.807) is 24.1 Å². The minimum atomic E-state index is -0.331. The van der Waals surface area contributed by atoms with E-state index in [9.17, 15) is 4.79 Å². The zero-order chi connectivity index (χ0) is 10.8. The first-order valence-corrected chi connectivity index (χ1v) is 5.09. The Morgan fingerprint density at radius 1 is 1.73 bits per heavy atom. The highest BCUT2D eigenvalue weighted by atomic mass is 16.5. The summed E-state index contributed by atoms with van der Waals surface area (Å²) in [5, 5.41) is 3.96. The van der Waals surface area contributed by atoms with Gasteiger partial charge in [0.05, 0.1) is 17.9 Å². The zero-order valence-electron chi connectivity index (χ0n) is 8.72. The summed E-state index contributed by atoms with van der Waals surface area (Å²) in [7, 11) is 1.79. The molecule has 2 N–H and O–H groups in total. The van der Waals surface area contributed by atoms with E-state index in [1.165, 1.54) is 0 Å². The number of carbonyl (C=O) groups excluding carboxylic acids is 1. The molecule has 2 heterocycles. The van der Waals surface area contributed by atoms with Crippen molar-refractivity contribution in [3.8, 4) is 0 Å². The van der Waals surface area contributed by atoms with Gasteiger partial charge in [0.15, 0.2) is 5.78 Å². The summed E-state index contributed by atoms with van der Waals surface area (Å²) < 4.78 is 7.14. The molecule has 1 saturated heterocycles. The summed E-state index contributed by atoms with van der Waals surface area (Å²) in [6, 6.07) is 0. The number of nitrogens with two attached hydrogens (primary N) is 1. The number of aromatic nitrogens is 2. The van der Waals surface area contributed by atoms with Gasteiger partial charge in [-0.1, -0.05) is 0 Å². The van der Waals surface area contributed by atoms with Gasteiger partial charge in [0, 0.05) is 19.8 Å². The van der Waals surface area contributed by atoms with Gasteiger partial charge in [-0.15, -0.1) is 0 Å². The number of ketones is 1. The third-order valence-electron chi connectivity index (χ3n) is 2.65. The van der Waals surface area contributed by atoms with Crippen molar-refractivity contribution in [2.45, 2.75) is 25.0 Å². The van der Waals surface area contributed by atoms with Crippen LogP contribution in [0.1, 0.15) is 23.2 Å². The Labute approximate surface area is 88.2 Å². The van der Waals surface area contributed by atoms with Crippen molar-refractivity contribution in [1.29, 1.82) is 0 Å². The average Bonchev–Trinajstić information content (AvgIpc) is 2.84. The highest BCUT2D eigenvalue weighted by molar-refractivity contribution is 5.99. The number of hydrogen-bond donors (Lipinski definition) is 1.